The molecule has 0 bridgehead atoms. The molecule has 1 aromatic carbocycles. The Morgan fingerprint density at radius 1 is 1.15 bits per heavy atom. The fourth-order valence-electron chi connectivity index (χ4n) is 1.13. The van der Waals surface area contributed by atoms with Crippen molar-refractivity contribution in [3.63, 3.8) is 0 Å². The Kier molecular flexibility index (Phi) is 3.36. The molecule has 2 rings (SSSR count). The van der Waals surface area contributed by atoms with E-state index in [2.05, 4.69) is 36.2 Å². The van der Waals surface area contributed by atoms with E-state index in [9.17, 15) is 0 Å². The van der Waals surface area contributed by atoms with Crippen molar-refractivity contribution < 1.29 is 0 Å². The first-order chi connectivity index (χ1) is 5.86. The van der Waals surface area contributed by atoms with Gasteiger partial charge in [0.25, 0.3) is 0 Å². The third-order valence-electron chi connectivity index (χ3n) is 1.84. The molecule has 0 aliphatic carbocycles. The first-order valence-corrected chi connectivity index (χ1v) is 3.91. The number of hydrogen-bond acceptors (Lipinski definition) is 1. The number of aromatic nitrogens is 2. The van der Waals surface area contributed by atoms with Crippen molar-refractivity contribution in [2.75, 3.05) is 0 Å². The molecule has 0 atom stereocenters. The summed E-state index contributed by atoms with van der Waals surface area (Å²) in [5, 5.41) is 0. The van der Waals surface area contributed by atoms with Gasteiger partial charge in [-0.2, -0.15) is 0 Å². The van der Waals surface area contributed by atoms with Gasteiger partial charge in [-0.3, -0.25) is 0 Å². The standard InChI is InChI=1S/C10H10N2.Li.H/c1-9-2-4-10(5-3-9)12-7-6-11-8-12;;/h2-8H,1H3;;. The normalized spacial score (nSPS) is 9.31. The van der Waals surface area contributed by atoms with Crippen LogP contribution in [0.4, 0.5) is 0 Å². The first kappa shape index (κ1) is 10.1. The SMILES string of the molecule is Cc1ccc(-n2ccnc2)cc1.[LiH]. The Hall–Kier alpha value is -0.973. The molecule has 0 aliphatic heterocycles. The zero-order valence-corrected chi connectivity index (χ0v) is 6.94. The number of imidazole rings is 1. The average molecular weight is 166 g/mol. The Morgan fingerprint density at radius 3 is 2.38 bits per heavy atom. The maximum absolute atomic E-state index is 3.98. The van der Waals surface area contributed by atoms with Gasteiger partial charge in [-0.1, -0.05) is 17.7 Å². The van der Waals surface area contributed by atoms with Crippen molar-refractivity contribution in [2.24, 2.45) is 0 Å². The number of aryl methyl sites for hydroxylation is 1. The van der Waals surface area contributed by atoms with Gasteiger partial charge in [0, 0.05) is 18.1 Å². The molecule has 0 fully saturated rings. The molecular formula is C10H11LiN2. The van der Waals surface area contributed by atoms with Gasteiger partial charge >= 0.3 is 18.9 Å². The molecule has 1 aromatic heterocycles. The number of hydrogen-bond donors (Lipinski definition) is 0. The van der Waals surface area contributed by atoms with Gasteiger partial charge in [-0.05, 0) is 19.1 Å². The maximum atomic E-state index is 3.98. The van der Waals surface area contributed by atoms with Crippen LogP contribution in [-0.4, -0.2) is 28.4 Å². The van der Waals surface area contributed by atoms with Gasteiger partial charge in [-0.15, -0.1) is 0 Å². The van der Waals surface area contributed by atoms with Crippen LogP contribution in [0.5, 0.6) is 0 Å². The summed E-state index contributed by atoms with van der Waals surface area (Å²) in [5.74, 6) is 0. The van der Waals surface area contributed by atoms with E-state index < -0.39 is 0 Å². The molecule has 0 aliphatic rings. The van der Waals surface area contributed by atoms with E-state index in [-0.39, 0.29) is 18.9 Å². The topological polar surface area (TPSA) is 17.8 Å². The summed E-state index contributed by atoms with van der Waals surface area (Å²) in [6, 6.07) is 8.35. The Balaban J connectivity index is 0.000000845. The quantitative estimate of drug-likeness (QED) is 0.587. The summed E-state index contributed by atoms with van der Waals surface area (Å²) >= 11 is 0. The van der Waals surface area contributed by atoms with Crippen molar-refractivity contribution in [1.29, 1.82) is 0 Å². The van der Waals surface area contributed by atoms with Crippen LogP contribution < -0.4 is 0 Å². The van der Waals surface area contributed by atoms with E-state index in [1.54, 1.807) is 12.5 Å². The van der Waals surface area contributed by atoms with Gasteiger partial charge in [-0.25, -0.2) is 4.98 Å². The summed E-state index contributed by atoms with van der Waals surface area (Å²) in [6.45, 7) is 2.08. The second-order valence-corrected chi connectivity index (χ2v) is 2.81. The van der Waals surface area contributed by atoms with Crippen LogP contribution in [0.25, 0.3) is 5.69 Å². The molecule has 62 valence electrons. The van der Waals surface area contributed by atoms with Crippen LogP contribution in [0, 0.1) is 6.92 Å². The number of rotatable bonds is 1. The van der Waals surface area contributed by atoms with Crippen LogP contribution >= 0.6 is 0 Å². The van der Waals surface area contributed by atoms with Gasteiger partial charge < -0.3 is 4.57 Å². The van der Waals surface area contributed by atoms with Gasteiger partial charge in [0.15, 0.2) is 0 Å². The van der Waals surface area contributed by atoms with Crippen LogP contribution in [0.1, 0.15) is 5.56 Å². The fourth-order valence-corrected chi connectivity index (χ4v) is 1.13. The number of benzene rings is 1. The van der Waals surface area contributed by atoms with E-state index in [1.807, 2.05) is 10.8 Å². The molecule has 0 N–H and O–H groups in total. The van der Waals surface area contributed by atoms with Crippen molar-refractivity contribution in [2.45, 2.75) is 6.92 Å². The molecule has 0 saturated carbocycles. The van der Waals surface area contributed by atoms with E-state index in [0.29, 0.717) is 0 Å². The van der Waals surface area contributed by atoms with E-state index in [4.69, 9.17) is 0 Å². The van der Waals surface area contributed by atoms with Crippen molar-refractivity contribution in [1.82, 2.24) is 9.55 Å². The molecule has 3 heteroatoms. The predicted molar refractivity (Wildman–Crippen MR) is 55.5 cm³/mol. The molecule has 2 nitrogen and oxygen atoms in total. The second-order valence-electron chi connectivity index (χ2n) is 2.81. The summed E-state index contributed by atoms with van der Waals surface area (Å²) in [4.78, 5) is 3.98. The second kappa shape index (κ2) is 4.32. The fraction of sp³-hybridized carbons (Fsp3) is 0.100. The average Bonchev–Trinajstić information content (AvgIpc) is 2.58. The Labute approximate surface area is 89.8 Å². The van der Waals surface area contributed by atoms with E-state index in [0.717, 1.165) is 5.69 Å². The summed E-state index contributed by atoms with van der Waals surface area (Å²) in [6.07, 6.45) is 5.51. The third-order valence-corrected chi connectivity index (χ3v) is 1.84. The van der Waals surface area contributed by atoms with Crippen molar-refractivity contribution >= 4 is 18.9 Å². The Morgan fingerprint density at radius 2 is 1.85 bits per heavy atom. The number of nitrogens with zero attached hydrogens (tertiary/aromatic N) is 2. The van der Waals surface area contributed by atoms with Crippen LogP contribution in [-0.2, 0) is 0 Å². The molecule has 0 unspecified atom stereocenters. The van der Waals surface area contributed by atoms with Gasteiger partial charge in [0.1, 0.15) is 0 Å². The summed E-state index contributed by atoms with van der Waals surface area (Å²) < 4.78 is 1.99. The third kappa shape index (κ3) is 2.24. The first-order valence-electron chi connectivity index (χ1n) is 3.91. The monoisotopic (exact) mass is 166 g/mol. The summed E-state index contributed by atoms with van der Waals surface area (Å²) in [5.41, 5.74) is 2.43. The van der Waals surface area contributed by atoms with E-state index in [1.165, 1.54) is 5.56 Å². The van der Waals surface area contributed by atoms with Gasteiger partial charge in [0.2, 0.25) is 0 Å². The molecule has 0 radical (unpaired) electrons. The minimum absolute atomic E-state index is 0. The molecule has 0 amide bonds. The minimum atomic E-state index is 0. The zero-order valence-electron chi connectivity index (χ0n) is 6.94. The van der Waals surface area contributed by atoms with Crippen molar-refractivity contribution in [3.05, 3.63) is 48.5 Å². The molecular weight excluding hydrogens is 155 g/mol. The molecule has 0 saturated heterocycles. The molecule has 13 heavy (non-hydrogen) atoms. The van der Waals surface area contributed by atoms with E-state index >= 15 is 0 Å². The van der Waals surface area contributed by atoms with Crippen LogP contribution in [0.3, 0.4) is 0 Å². The van der Waals surface area contributed by atoms with Crippen LogP contribution in [0.2, 0.25) is 0 Å². The molecule has 0 spiro atoms. The Bertz CT molecular complexity index is 351. The predicted octanol–water partition coefficient (Wildman–Crippen LogP) is 1.53. The molecule has 2 aromatic rings. The van der Waals surface area contributed by atoms with Crippen molar-refractivity contribution in [3.8, 4) is 5.69 Å². The summed E-state index contributed by atoms with van der Waals surface area (Å²) in [7, 11) is 0. The zero-order chi connectivity index (χ0) is 8.39. The molecule has 1 heterocycles. The van der Waals surface area contributed by atoms with Gasteiger partial charge in [0.05, 0.1) is 6.33 Å². The van der Waals surface area contributed by atoms with Crippen LogP contribution in [0.15, 0.2) is 43.0 Å².